The Labute approximate surface area is 208 Å². The number of carbonyl (C=O) groups is 2. The maximum Gasteiger partial charge on any atom is 0.263 e. The number of aryl methyl sites for hydroxylation is 2. The number of amides is 2. The first-order chi connectivity index (χ1) is 17.5. The van der Waals surface area contributed by atoms with E-state index in [4.69, 9.17) is 20.3 Å². The number of carbonyl (C=O) groups excluding carboxylic acids is 2. The van der Waals surface area contributed by atoms with Gasteiger partial charge in [0, 0.05) is 11.6 Å². The molecule has 0 saturated heterocycles. The van der Waals surface area contributed by atoms with Gasteiger partial charge >= 0.3 is 0 Å². The van der Waals surface area contributed by atoms with E-state index in [1.165, 1.54) is 30.7 Å². The van der Waals surface area contributed by atoms with Crippen LogP contribution in [0.2, 0.25) is 0 Å². The Morgan fingerprint density at radius 1 is 1.00 bits per heavy atom. The maximum atomic E-state index is 12.9. The van der Waals surface area contributed by atoms with Crippen LogP contribution in [0.3, 0.4) is 0 Å². The van der Waals surface area contributed by atoms with Crippen LogP contribution < -0.4 is 20.5 Å². The van der Waals surface area contributed by atoms with Gasteiger partial charge in [0.25, 0.3) is 11.8 Å². The molecule has 1 aromatic heterocycles. The van der Waals surface area contributed by atoms with Crippen LogP contribution >= 0.6 is 0 Å². The van der Waals surface area contributed by atoms with E-state index in [0.717, 1.165) is 29.8 Å². The number of anilines is 1. The summed E-state index contributed by atoms with van der Waals surface area (Å²) >= 11 is 0. The highest BCUT2D eigenvalue weighted by atomic mass is 16.5. The molecular weight excluding hydrogens is 456 g/mol. The van der Waals surface area contributed by atoms with Crippen molar-refractivity contribution >= 4 is 17.6 Å². The number of methoxy groups -OCH3 is 1. The van der Waals surface area contributed by atoms with E-state index >= 15 is 0 Å². The number of hydrogen-bond acceptors (Lipinski definition) is 5. The lowest BCUT2D eigenvalue weighted by Gasteiger charge is -2.12. The highest BCUT2D eigenvalue weighted by Gasteiger charge is 2.18. The molecule has 3 aromatic carbocycles. The first kappa shape index (κ1) is 23.2. The third-order valence-electron chi connectivity index (χ3n) is 6.18. The Hall–Kier alpha value is -4.59. The summed E-state index contributed by atoms with van der Waals surface area (Å²) in [5.74, 6) is 0.0970. The number of hydrogen-bond donors (Lipinski definition) is 2. The van der Waals surface area contributed by atoms with Crippen LogP contribution in [-0.4, -0.2) is 35.3 Å². The number of aromatic nitrogens is 2. The molecular formula is C28H26N4O4. The SMILES string of the molecule is COc1ccc(OCC(=O)Nc2cc(-c3ccc4c(c3)CCC4)nn2-c2ccccc2)c(C(N)=O)c1. The smallest absolute Gasteiger partial charge is 0.263 e. The van der Waals surface area contributed by atoms with Gasteiger partial charge in [0.2, 0.25) is 0 Å². The topological polar surface area (TPSA) is 108 Å². The van der Waals surface area contributed by atoms with E-state index in [0.29, 0.717) is 11.6 Å². The molecule has 5 rings (SSSR count). The molecule has 0 fully saturated rings. The molecule has 0 radical (unpaired) electrons. The molecule has 0 atom stereocenters. The molecule has 0 aliphatic heterocycles. The largest absolute Gasteiger partial charge is 0.497 e. The summed E-state index contributed by atoms with van der Waals surface area (Å²) in [6, 6.07) is 22.5. The number of para-hydroxylation sites is 1. The highest BCUT2D eigenvalue weighted by molar-refractivity contribution is 5.96. The van der Waals surface area contributed by atoms with Gasteiger partial charge in [-0.1, -0.05) is 30.3 Å². The number of benzene rings is 3. The second-order valence-corrected chi connectivity index (χ2v) is 8.56. The lowest BCUT2D eigenvalue weighted by atomic mass is 10.0. The Bertz CT molecular complexity index is 1430. The van der Waals surface area contributed by atoms with Crippen LogP contribution in [0.4, 0.5) is 5.82 Å². The third-order valence-corrected chi connectivity index (χ3v) is 6.18. The summed E-state index contributed by atoms with van der Waals surface area (Å²) < 4.78 is 12.4. The molecule has 4 aromatic rings. The minimum atomic E-state index is -0.676. The van der Waals surface area contributed by atoms with Gasteiger partial charge < -0.3 is 20.5 Å². The zero-order valence-corrected chi connectivity index (χ0v) is 19.9. The van der Waals surface area contributed by atoms with Gasteiger partial charge in [-0.3, -0.25) is 9.59 Å². The number of fused-ring (bicyclic) bond motifs is 1. The van der Waals surface area contributed by atoms with E-state index < -0.39 is 11.8 Å². The van der Waals surface area contributed by atoms with Gasteiger partial charge in [-0.2, -0.15) is 5.10 Å². The molecule has 8 heteroatoms. The fourth-order valence-electron chi connectivity index (χ4n) is 4.39. The van der Waals surface area contributed by atoms with Crippen LogP contribution in [0.1, 0.15) is 27.9 Å². The molecule has 2 amide bonds. The van der Waals surface area contributed by atoms with E-state index in [9.17, 15) is 9.59 Å². The third kappa shape index (κ3) is 4.79. The second-order valence-electron chi connectivity index (χ2n) is 8.56. The van der Waals surface area contributed by atoms with Crippen molar-refractivity contribution in [3.05, 3.63) is 89.5 Å². The highest BCUT2D eigenvalue weighted by Crippen LogP contribution is 2.30. The molecule has 1 aliphatic rings. The van der Waals surface area contributed by atoms with Crippen LogP contribution in [0.15, 0.2) is 72.8 Å². The Balaban J connectivity index is 1.39. The Kier molecular flexibility index (Phi) is 6.40. The minimum Gasteiger partial charge on any atom is -0.497 e. The number of nitrogens with one attached hydrogen (secondary N) is 1. The van der Waals surface area contributed by atoms with Crippen molar-refractivity contribution in [1.29, 1.82) is 0 Å². The predicted molar refractivity (Wildman–Crippen MR) is 137 cm³/mol. The van der Waals surface area contributed by atoms with Gasteiger partial charge in [-0.15, -0.1) is 0 Å². The number of nitrogens with two attached hydrogens (primary N) is 1. The molecule has 0 saturated carbocycles. The molecule has 0 bridgehead atoms. The molecule has 8 nitrogen and oxygen atoms in total. The lowest BCUT2D eigenvalue weighted by Crippen LogP contribution is -2.23. The predicted octanol–water partition coefficient (Wildman–Crippen LogP) is 4.15. The molecule has 36 heavy (non-hydrogen) atoms. The standard InChI is InChI=1S/C28H26N4O4/c1-35-22-12-13-25(23(15-22)28(29)34)36-17-27(33)30-26-16-24(31-32(26)21-8-3-2-4-9-21)20-11-10-18-6-5-7-19(18)14-20/h2-4,8-16H,5-7,17H2,1H3,(H2,29,34)(H,30,33). The monoisotopic (exact) mass is 482 g/mol. The lowest BCUT2D eigenvalue weighted by molar-refractivity contribution is -0.118. The maximum absolute atomic E-state index is 12.9. The average molecular weight is 483 g/mol. The zero-order chi connectivity index (χ0) is 25.1. The molecule has 0 unspecified atom stereocenters. The summed E-state index contributed by atoms with van der Waals surface area (Å²) in [5.41, 5.74) is 10.9. The van der Waals surface area contributed by atoms with E-state index in [1.807, 2.05) is 36.4 Å². The summed E-state index contributed by atoms with van der Waals surface area (Å²) in [5, 5.41) is 7.68. The van der Waals surface area contributed by atoms with Gasteiger partial charge in [-0.05, 0) is 66.8 Å². The van der Waals surface area contributed by atoms with Gasteiger partial charge in [0.15, 0.2) is 6.61 Å². The number of nitrogens with zero attached hydrogens (tertiary/aromatic N) is 2. The van der Waals surface area contributed by atoms with E-state index in [-0.39, 0.29) is 17.9 Å². The normalized spacial score (nSPS) is 12.1. The van der Waals surface area contributed by atoms with Crippen LogP contribution in [0, 0.1) is 0 Å². The van der Waals surface area contributed by atoms with E-state index in [2.05, 4.69) is 23.5 Å². The van der Waals surface area contributed by atoms with Crippen molar-refractivity contribution in [2.75, 3.05) is 19.0 Å². The van der Waals surface area contributed by atoms with Gasteiger partial charge in [-0.25, -0.2) is 4.68 Å². The fraction of sp³-hybridized carbons (Fsp3) is 0.179. The van der Waals surface area contributed by atoms with Crippen molar-refractivity contribution in [2.45, 2.75) is 19.3 Å². The fourth-order valence-corrected chi connectivity index (χ4v) is 4.39. The minimum absolute atomic E-state index is 0.135. The second kappa shape index (κ2) is 9.95. The summed E-state index contributed by atoms with van der Waals surface area (Å²) in [7, 11) is 1.49. The average Bonchev–Trinajstić information content (AvgIpc) is 3.54. The van der Waals surface area contributed by atoms with Gasteiger partial charge in [0.05, 0.1) is 24.1 Å². The van der Waals surface area contributed by atoms with Crippen molar-refractivity contribution < 1.29 is 19.1 Å². The zero-order valence-electron chi connectivity index (χ0n) is 19.9. The Morgan fingerprint density at radius 2 is 1.81 bits per heavy atom. The number of primary amides is 1. The van der Waals surface area contributed by atoms with Crippen molar-refractivity contribution in [3.8, 4) is 28.4 Å². The quantitative estimate of drug-likeness (QED) is 0.392. The first-order valence-electron chi connectivity index (χ1n) is 11.7. The molecule has 182 valence electrons. The first-order valence-corrected chi connectivity index (χ1v) is 11.7. The van der Waals surface area contributed by atoms with Crippen molar-refractivity contribution in [2.24, 2.45) is 5.73 Å². The van der Waals surface area contributed by atoms with Gasteiger partial charge in [0.1, 0.15) is 17.3 Å². The van der Waals surface area contributed by atoms with Crippen LogP contribution in [0.25, 0.3) is 16.9 Å². The summed E-state index contributed by atoms with van der Waals surface area (Å²) in [6.07, 6.45) is 3.35. The number of rotatable bonds is 8. The van der Waals surface area contributed by atoms with Crippen molar-refractivity contribution in [3.63, 3.8) is 0 Å². The van der Waals surface area contributed by atoms with Crippen molar-refractivity contribution in [1.82, 2.24) is 9.78 Å². The van der Waals surface area contributed by atoms with Crippen LogP contribution in [-0.2, 0) is 17.6 Å². The van der Waals surface area contributed by atoms with Crippen LogP contribution in [0.5, 0.6) is 11.5 Å². The summed E-state index contributed by atoms with van der Waals surface area (Å²) in [4.78, 5) is 24.7. The molecule has 0 spiro atoms. The molecule has 1 heterocycles. The number of ether oxygens (including phenoxy) is 2. The molecule has 1 aliphatic carbocycles. The van der Waals surface area contributed by atoms with E-state index in [1.54, 1.807) is 16.8 Å². The Morgan fingerprint density at radius 3 is 2.58 bits per heavy atom. The summed E-state index contributed by atoms with van der Waals surface area (Å²) in [6.45, 7) is -0.319. The molecule has 3 N–H and O–H groups in total.